The maximum absolute atomic E-state index is 15.6. The number of fused-ring (bicyclic) bond motifs is 2. The van der Waals surface area contributed by atoms with E-state index in [1.165, 1.54) is 11.8 Å². The van der Waals surface area contributed by atoms with Crippen LogP contribution in [0.4, 0.5) is 20.7 Å². The van der Waals surface area contributed by atoms with Crippen molar-refractivity contribution in [2.24, 2.45) is 0 Å². The van der Waals surface area contributed by atoms with Gasteiger partial charge in [-0.2, -0.15) is 0 Å². The summed E-state index contributed by atoms with van der Waals surface area (Å²) in [5, 5.41) is 4.60. The maximum atomic E-state index is 15.6. The number of carbonyl (C=O) groups is 2. The predicted octanol–water partition coefficient (Wildman–Crippen LogP) is 4.38. The second kappa shape index (κ2) is 7.53. The Hall–Kier alpha value is -2.13. The van der Waals surface area contributed by atoms with Crippen LogP contribution in [0, 0.1) is 5.82 Å². The fraction of sp³-hybridized carbons (Fsp3) is 0.571. The Kier molecular flexibility index (Phi) is 4.97. The molecule has 0 unspecified atom stereocenters. The summed E-state index contributed by atoms with van der Waals surface area (Å²) in [4.78, 5) is 28.1. The molecule has 3 aliphatic rings. The van der Waals surface area contributed by atoms with E-state index in [1.807, 2.05) is 18.7 Å². The minimum Gasteiger partial charge on any atom is -0.372 e. The van der Waals surface area contributed by atoms with Gasteiger partial charge in [-0.15, -0.1) is 0 Å². The zero-order valence-electron chi connectivity index (χ0n) is 17.0. The lowest BCUT2D eigenvalue weighted by molar-refractivity contribution is -0.00543. The van der Waals surface area contributed by atoms with E-state index in [0.29, 0.717) is 30.6 Å². The number of hydrogen-bond acceptors (Lipinski definition) is 7. The van der Waals surface area contributed by atoms with Crippen molar-refractivity contribution in [3.05, 3.63) is 17.4 Å². The highest BCUT2D eigenvalue weighted by Gasteiger charge is 2.44. The molecule has 1 aromatic heterocycles. The number of halogens is 1. The summed E-state index contributed by atoms with van der Waals surface area (Å²) in [6, 6.07) is 1.64. The number of benzene rings is 1. The van der Waals surface area contributed by atoms with Crippen molar-refractivity contribution in [2.75, 3.05) is 22.9 Å². The number of nitrogens with zero attached hydrogens (tertiary/aromatic N) is 3. The number of thioether (sulfide) groups is 1. The van der Waals surface area contributed by atoms with Crippen molar-refractivity contribution in [1.29, 1.82) is 0 Å². The molecule has 2 aromatic rings. The Morgan fingerprint density at radius 3 is 2.70 bits per heavy atom. The van der Waals surface area contributed by atoms with Crippen LogP contribution in [0.3, 0.4) is 0 Å². The molecule has 0 bridgehead atoms. The predicted molar refractivity (Wildman–Crippen MR) is 113 cm³/mol. The van der Waals surface area contributed by atoms with E-state index in [-0.39, 0.29) is 45.6 Å². The molecular weight excluding hydrogens is 409 g/mol. The largest absolute Gasteiger partial charge is 0.372 e. The van der Waals surface area contributed by atoms with E-state index in [4.69, 9.17) is 9.26 Å². The van der Waals surface area contributed by atoms with Crippen molar-refractivity contribution in [3.63, 3.8) is 0 Å². The summed E-state index contributed by atoms with van der Waals surface area (Å²) in [6.45, 7) is 4.78. The molecule has 7 nitrogen and oxygen atoms in total. The zero-order valence-corrected chi connectivity index (χ0v) is 17.8. The molecule has 1 aliphatic carbocycles. The number of morpholine rings is 1. The van der Waals surface area contributed by atoms with Gasteiger partial charge in [0.25, 0.3) is 5.24 Å². The zero-order chi connectivity index (χ0) is 21.0. The Bertz CT molecular complexity index is 1000. The summed E-state index contributed by atoms with van der Waals surface area (Å²) < 4.78 is 26.7. The number of anilines is 2. The smallest absolute Gasteiger partial charge is 0.287 e. The van der Waals surface area contributed by atoms with Gasteiger partial charge in [0.15, 0.2) is 17.9 Å². The van der Waals surface area contributed by atoms with Crippen molar-refractivity contribution >= 4 is 45.8 Å². The second-order valence-electron chi connectivity index (χ2n) is 8.44. The average Bonchev–Trinajstić information content (AvgIpc) is 3.26. The molecule has 30 heavy (non-hydrogen) atoms. The van der Waals surface area contributed by atoms with E-state index in [2.05, 4.69) is 5.16 Å². The van der Waals surface area contributed by atoms with Crippen LogP contribution >= 0.6 is 11.8 Å². The van der Waals surface area contributed by atoms with Gasteiger partial charge in [0.2, 0.25) is 5.58 Å². The maximum Gasteiger partial charge on any atom is 0.287 e. The average molecular weight is 434 g/mol. The van der Waals surface area contributed by atoms with Crippen LogP contribution < -0.4 is 9.80 Å². The van der Waals surface area contributed by atoms with Crippen LogP contribution in [0.2, 0.25) is 0 Å². The topological polar surface area (TPSA) is 75.9 Å². The van der Waals surface area contributed by atoms with Gasteiger partial charge >= 0.3 is 0 Å². The molecule has 0 N–H and O–H groups in total. The molecule has 160 valence electrons. The lowest BCUT2D eigenvalue weighted by atomic mass is 9.94. The van der Waals surface area contributed by atoms with Crippen LogP contribution in [0.5, 0.6) is 0 Å². The van der Waals surface area contributed by atoms with Gasteiger partial charge in [0, 0.05) is 23.9 Å². The van der Waals surface area contributed by atoms with Gasteiger partial charge in [-0.1, -0.05) is 29.8 Å². The van der Waals surface area contributed by atoms with Crippen LogP contribution in [0.1, 0.15) is 49.9 Å². The fourth-order valence-electron chi connectivity index (χ4n) is 5.06. The first-order valence-electron chi connectivity index (χ1n) is 10.4. The highest BCUT2D eigenvalue weighted by atomic mass is 32.2. The summed E-state index contributed by atoms with van der Waals surface area (Å²) >= 11 is 1.32. The minimum atomic E-state index is -0.617. The number of rotatable bonds is 3. The summed E-state index contributed by atoms with van der Waals surface area (Å²) in [6.07, 6.45) is 4.52. The number of hydrogen-bond donors (Lipinski definition) is 0. The first kappa shape index (κ1) is 19.8. The molecule has 1 amide bonds. The van der Waals surface area contributed by atoms with E-state index in [0.717, 1.165) is 25.7 Å². The molecule has 4 atom stereocenters. The van der Waals surface area contributed by atoms with Crippen LogP contribution in [-0.2, 0) is 4.74 Å². The van der Waals surface area contributed by atoms with Gasteiger partial charge < -0.3 is 14.2 Å². The molecular formula is C21H24FN3O4S. The second-order valence-corrected chi connectivity index (χ2v) is 9.63. The van der Waals surface area contributed by atoms with Crippen molar-refractivity contribution in [3.8, 4) is 0 Å². The molecule has 2 aliphatic heterocycles. The molecule has 2 saturated heterocycles. The number of carbonyl (C=O) groups excluding carboxylic acids is 2. The standard InChI is InChI=1S/C21H24FN3O4S/c1-11-8-24(9-12(2)28-11)18-13(10-26)7-14-19(17(18)22)29-23-20(14)25-15-5-3-4-6-16(15)30-21(25)27/h7,10-12,15-16H,3-6,8-9H2,1-2H3/t11-,12-,15-,16+/m1/s1. The van der Waals surface area contributed by atoms with Crippen molar-refractivity contribution < 1.29 is 23.2 Å². The number of aromatic nitrogens is 1. The third-order valence-corrected chi connectivity index (χ3v) is 7.48. The summed E-state index contributed by atoms with van der Waals surface area (Å²) in [5.41, 5.74) is 0.416. The first-order chi connectivity index (χ1) is 14.5. The summed E-state index contributed by atoms with van der Waals surface area (Å²) in [5.74, 6) is -0.302. The Labute approximate surface area is 177 Å². The molecule has 0 radical (unpaired) electrons. The molecule has 3 heterocycles. The van der Waals surface area contributed by atoms with E-state index >= 15 is 4.39 Å². The molecule has 3 fully saturated rings. The normalized spacial score (nSPS) is 29.5. The molecule has 1 saturated carbocycles. The highest BCUT2D eigenvalue weighted by molar-refractivity contribution is 8.14. The molecule has 0 spiro atoms. The minimum absolute atomic E-state index is 0.0190. The SMILES string of the molecule is C[C@@H]1CN(c2c(C=O)cc3c(N4C(=O)S[C@H]5CCCC[C@H]54)noc3c2F)C[C@@H](C)O1. The number of amides is 1. The number of aldehydes is 1. The number of ether oxygens (including phenoxy) is 1. The molecule has 1 aromatic carbocycles. The summed E-state index contributed by atoms with van der Waals surface area (Å²) in [7, 11) is 0. The highest BCUT2D eigenvalue weighted by Crippen LogP contribution is 2.45. The van der Waals surface area contributed by atoms with Crippen LogP contribution in [0.25, 0.3) is 11.0 Å². The Balaban J connectivity index is 1.60. The fourth-order valence-corrected chi connectivity index (χ4v) is 6.35. The van der Waals surface area contributed by atoms with Gasteiger partial charge in [0.1, 0.15) is 0 Å². The lowest BCUT2D eigenvalue weighted by Gasteiger charge is -2.37. The third-order valence-electron chi connectivity index (χ3n) is 6.23. The van der Waals surface area contributed by atoms with E-state index in [1.54, 1.807) is 11.0 Å². The van der Waals surface area contributed by atoms with Crippen LogP contribution in [-0.4, -0.2) is 53.3 Å². The van der Waals surface area contributed by atoms with Crippen molar-refractivity contribution in [2.45, 2.75) is 63.0 Å². The third kappa shape index (κ3) is 3.10. The quantitative estimate of drug-likeness (QED) is 0.665. The van der Waals surface area contributed by atoms with Gasteiger partial charge in [0.05, 0.1) is 29.3 Å². The van der Waals surface area contributed by atoms with Crippen molar-refractivity contribution in [1.82, 2.24) is 5.16 Å². The van der Waals surface area contributed by atoms with Crippen LogP contribution in [0.15, 0.2) is 10.6 Å². The first-order valence-corrected chi connectivity index (χ1v) is 11.3. The van der Waals surface area contributed by atoms with E-state index < -0.39 is 5.82 Å². The molecule has 5 rings (SSSR count). The van der Waals surface area contributed by atoms with Gasteiger partial charge in [-0.3, -0.25) is 14.5 Å². The van der Waals surface area contributed by atoms with Gasteiger partial charge in [-0.05, 0) is 32.8 Å². The monoisotopic (exact) mass is 433 g/mol. The van der Waals surface area contributed by atoms with Gasteiger partial charge in [-0.25, -0.2) is 4.39 Å². The Morgan fingerprint density at radius 2 is 1.97 bits per heavy atom. The molecule has 9 heteroatoms. The van der Waals surface area contributed by atoms with E-state index in [9.17, 15) is 9.59 Å². The Morgan fingerprint density at radius 1 is 1.23 bits per heavy atom. The lowest BCUT2D eigenvalue weighted by Crippen LogP contribution is -2.46.